The van der Waals surface area contributed by atoms with Crippen LogP contribution in [-0.4, -0.2) is 22.1 Å². The minimum atomic E-state index is -0.977. The first-order valence-electron chi connectivity index (χ1n) is 7.28. The summed E-state index contributed by atoms with van der Waals surface area (Å²) in [5.74, 6) is 0.00811. The van der Waals surface area contributed by atoms with Crippen LogP contribution in [0.3, 0.4) is 0 Å². The van der Waals surface area contributed by atoms with Crippen molar-refractivity contribution in [3.05, 3.63) is 22.8 Å². The fraction of sp³-hybridized carbons (Fsp3) is 0.600. The highest BCUT2D eigenvalue weighted by atomic mass is 35.5. The Balaban J connectivity index is 2.17. The van der Waals surface area contributed by atoms with E-state index in [1.54, 1.807) is 0 Å². The molecule has 1 atom stereocenters. The van der Waals surface area contributed by atoms with Crippen LogP contribution < -0.4 is 5.32 Å². The largest absolute Gasteiger partial charge is 0.478 e. The summed E-state index contributed by atoms with van der Waals surface area (Å²) in [5, 5.41) is 12.9. The molecule has 0 aromatic carbocycles. The minimum Gasteiger partial charge on any atom is -0.478 e. The van der Waals surface area contributed by atoms with Gasteiger partial charge >= 0.3 is 5.97 Å². The van der Waals surface area contributed by atoms with E-state index in [2.05, 4.69) is 17.2 Å². The minimum absolute atomic E-state index is 0.184. The van der Waals surface area contributed by atoms with Crippen LogP contribution in [0.1, 0.15) is 55.8 Å². The van der Waals surface area contributed by atoms with Crippen molar-refractivity contribution in [2.24, 2.45) is 5.92 Å². The maximum Gasteiger partial charge on any atom is 0.339 e. The fourth-order valence-corrected chi connectivity index (χ4v) is 3.13. The van der Waals surface area contributed by atoms with E-state index in [4.69, 9.17) is 11.6 Å². The lowest BCUT2D eigenvalue weighted by Crippen LogP contribution is -2.31. The van der Waals surface area contributed by atoms with Crippen molar-refractivity contribution in [1.82, 2.24) is 4.98 Å². The number of carboxylic acid groups (broad SMARTS) is 1. The Morgan fingerprint density at radius 3 is 2.75 bits per heavy atom. The van der Waals surface area contributed by atoms with Crippen LogP contribution in [0.4, 0.5) is 5.82 Å². The number of rotatable bonds is 5. The van der Waals surface area contributed by atoms with E-state index in [1.807, 2.05) is 0 Å². The molecule has 0 amide bonds. The van der Waals surface area contributed by atoms with Gasteiger partial charge in [0.25, 0.3) is 0 Å². The van der Waals surface area contributed by atoms with Crippen molar-refractivity contribution < 1.29 is 9.90 Å². The van der Waals surface area contributed by atoms with Gasteiger partial charge in [-0.25, -0.2) is 9.78 Å². The van der Waals surface area contributed by atoms with E-state index < -0.39 is 5.97 Å². The highest BCUT2D eigenvalue weighted by molar-refractivity contribution is 6.29. The summed E-state index contributed by atoms with van der Waals surface area (Å²) in [6.07, 6.45) is 7.19. The number of carbonyl (C=O) groups is 1. The van der Waals surface area contributed by atoms with Gasteiger partial charge in [0, 0.05) is 6.04 Å². The Labute approximate surface area is 124 Å². The summed E-state index contributed by atoms with van der Waals surface area (Å²) >= 11 is 5.89. The van der Waals surface area contributed by atoms with Crippen molar-refractivity contribution >= 4 is 23.4 Å². The number of carboxylic acids is 1. The molecule has 20 heavy (non-hydrogen) atoms. The first kappa shape index (κ1) is 15.1. The standard InChI is InChI=1S/C15H21ClN2O2/c1-2-12(10-6-4-3-5-7-10)17-14-11(15(19)20)8-9-13(16)18-14/h8-10,12H,2-7H2,1H3,(H,17,18)(H,19,20). The van der Waals surface area contributed by atoms with Crippen molar-refractivity contribution in [3.63, 3.8) is 0 Å². The predicted molar refractivity (Wildman–Crippen MR) is 80.5 cm³/mol. The monoisotopic (exact) mass is 296 g/mol. The Hall–Kier alpha value is -1.29. The number of halogens is 1. The number of hydrogen-bond donors (Lipinski definition) is 2. The summed E-state index contributed by atoms with van der Waals surface area (Å²) < 4.78 is 0. The number of pyridine rings is 1. The second kappa shape index (κ2) is 6.93. The van der Waals surface area contributed by atoms with Gasteiger partial charge in [0.2, 0.25) is 0 Å². The summed E-state index contributed by atoms with van der Waals surface area (Å²) in [4.78, 5) is 15.4. The van der Waals surface area contributed by atoms with Crippen molar-refractivity contribution in [1.29, 1.82) is 0 Å². The van der Waals surface area contributed by atoms with Gasteiger partial charge in [-0.2, -0.15) is 0 Å². The van der Waals surface area contributed by atoms with E-state index >= 15 is 0 Å². The molecule has 2 rings (SSSR count). The lowest BCUT2D eigenvalue weighted by Gasteiger charge is -2.31. The summed E-state index contributed by atoms with van der Waals surface area (Å²) in [6, 6.07) is 3.28. The van der Waals surface area contributed by atoms with Crippen molar-refractivity contribution in [3.8, 4) is 0 Å². The van der Waals surface area contributed by atoms with Gasteiger partial charge in [-0.1, -0.05) is 37.8 Å². The van der Waals surface area contributed by atoms with Gasteiger partial charge in [0.15, 0.2) is 0 Å². The van der Waals surface area contributed by atoms with Crippen LogP contribution in [0.15, 0.2) is 12.1 Å². The second-order valence-electron chi connectivity index (χ2n) is 5.39. The third-order valence-electron chi connectivity index (χ3n) is 4.07. The summed E-state index contributed by atoms with van der Waals surface area (Å²) in [6.45, 7) is 2.12. The number of nitrogens with zero attached hydrogens (tertiary/aromatic N) is 1. The molecule has 1 aromatic rings. The molecule has 5 heteroatoms. The molecule has 0 aliphatic heterocycles. The molecule has 1 fully saturated rings. The van der Waals surface area contributed by atoms with Gasteiger partial charge in [0.1, 0.15) is 16.5 Å². The zero-order valence-corrected chi connectivity index (χ0v) is 12.5. The van der Waals surface area contributed by atoms with Crippen LogP contribution in [0.25, 0.3) is 0 Å². The van der Waals surface area contributed by atoms with Crippen molar-refractivity contribution in [2.45, 2.75) is 51.5 Å². The molecule has 1 aliphatic rings. The van der Waals surface area contributed by atoms with E-state index in [9.17, 15) is 9.90 Å². The zero-order chi connectivity index (χ0) is 14.5. The van der Waals surface area contributed by atoms with Crippen molar-refractivity contribution in [2.75, 3.05) is 5.32 Å². The van der Waals surface area contributed by atoms with E-state index in [0.717, 1.165) is 6.42 Å². The number of aromatic carboxylic acids is 1. The SMILES string of the molecule is CCC(Nc1nc(Cl)ccc1C(=O)O)C1CCCCC1. The maximum atomic E-state index is 11.3. The van der Waals surface area contributed by atoms with Crippen LogP contribution in [0.2, 0.25) is 5.15 Å². The summed E-state index contributed by atoms with van der Waals surface area (Å²) in [5.41, 5.74) is 0.184. The Kier molecular flexibility index (Phi) is 5.24. The highest BCUT2D eigenvalue weighted by Crippen LogP contribution is 2.30. The van der Waals surface area contributed by atoms with Gasteiger partial charge < -0.3 is 10.4 Å². The molecule has 0 saturated heterocycles. The van der Waals surface area contributed by atoms with Crippen LogP contribution in [0, 0.1) is 5.92 Å². The molecule has 1 aromatic heterocycles. The van der Waals surface area contributed by atoms with Gasteiger partial charge in [-0.15, -0.1) is 0 Å². The molecule has 0 radical (unpaired) electrons. The number of hydrogen-bond acceptors (Lipinski definition) is 3. The third-order valence-corrected chi connectivity index (χ3v) is 4.28. The predicted octanol–water partition coefficient (Wildman–Crippen LogP) is 4.20. The number of nitrogens with one attached hydrogen (secondary N) is 1. The topological polar surface area (TPSA) is 62.2 Å². The molecule has 1 saturated carbocycles. The lowest BCUT2D eigenvalue weighted by molar-refractivity contribution is 0.0697. The molecule has 1 unspecified atom stereocenters. The van der Waals surface area contributed by atoms with E-state index in [1.165, 1.54) is 44.2 Å². The molecule has 4 nitrogen and oxygen atoms in total. The van der Waals surface area contributed by atoms with Gasteiger partial charge in [0.05, 0.1) is 0 Å². The molecular weight excluding hydrogens is 276 g/mol. The molecule has 2 N–H and O–H groups in total. The maximum absolute atomic E-state index is 11.3. The Bertz CT molecular complexity index is 473. The first-order valence-corrected chi connectivity index (χ1v) is 7.66. The molecular formula is C15H21ClN2O2. The Morgan fingerprint density at radius 1 is 1.45 bits per heavy atom. The lowest BCUT2D eigenvalue weighted by atomic mass is 9.83. The molecule has 110 valence electrons. The summed E-state index contributed by atoms with van der Waals surface area (Å²) in [7, 11) is 0. The quantitative estimate of drug-likeness (QED) is 0.799. The fourth-order valence-electron chi connectivity index (χ4n) is 2.98. The highest BCUT2D eigenvalue weighted by Gasteiger charge is 2.24. The zero-order valence-electron chi connectivity index (χ0n) is 11.7. The van der Waals surface area contributed by atoms with Gasteiger partial charge in [-0.3, -0.25) is 0 Å². The third kappa shape index (κ3) is 3.63. The van der Waals surface area contributed by atoms with Crippen LogP contribution >= 0.6 is 11.6 Å². The molecule has 0 spiro atoms. The second-order valence-corrected chi connectivity index (χ2v) is 5.78. The average molecular weight is 297 g/mol. The first-order chi connectivity index (χ1) is 9.61. The Morgan fingerprint density at radius 2 is 2.15 bits per heavy atom. The van der Waals surface area contributed by atoms with E-state index in [0.29, 0.717) is 16.9 Å². The number of anilines is 1. The van der Waals surface area contributed by atoms with Crippen LogP contribution in [-0.2, 0) is 0 Å². The smallest absolute Gasteiger partial charge is 0.339 e. The van der Waals surface area contributed by atoms with E-state index in [-0.39, 0.29) is 11.6 Å². The molecule has 1 aliphatic carbocycles. The normalized spacial score (nSPS) is 17.7. The van der Waals surface area contributed by atoms with Gasteiger partial charge in [-0.05, 0) is 37.3 Å². The number of aromatic nitrogens is 1. The van der Waals surface area contributed by atoms with Crippen LogP contribution in [0.5, 0.6) is 0 Å². The molecule has 1 heterocycles. The molecule has 0 bridgehead atoms. The average Bonchev–Trinajstić information content (AvgIpc) is 2.45.